The van der Waals surface area contributed by atoms with E-state index in [9.17, 15) is 9.59 Å². The Morgan fingerprint density at radius 1 is 0.892 bits per heavy atom. The molecule has 2 N–H and O–H groups in total. The van der Waals surface area contributed by atoms with Gasteiger partial charge >= 0.3 is 0 Å². The lowest BCUT2D eigenvalue weighted by molar-refractivity contribution is -0.121. The SMILES string of the molecule is CCC(CC)NC[C@H](Cc1ccc2c(c1)OCCO2)NC(=O)CCCCCC(=O)c1ccc(OC)cc1. The van der Waals surface area contributed by atoms with E-state index in [1.54, 1.807) is 31.4 Å². The van der Waals surface area contributed by atoms with Gasteiger partial charge in [0.2, 0.25) is 5.91 Å². The summed E-state index contributed by atoms with van der Waals surface area (Å²) in [5, 5.41) is 6.84. The maximum atomic E-state index is 12.8. The molecule has 0 radical (unpaired) electrons. The average Bonchev–Trinajstić information content (AvgIpc) is 2.93. The number of Topliss-reactive ketones (excluding diaryl/α,β-unsaturated/α-hetero) is 1. The molecule has 0 spiro atoms. The van der Waals surface area contributed by atoms with Gasteiger partial charge in [-0.15, -0.1) is 0 Å². The Balaban J connectivity index is 1.45. The van der Waals surface area contributed by atoms with Crippen molar-refractivity contribution in [3.05, 3.63) is 53.6 Å². The highest BCUT2D eigenvalue weighted by molar-refractivity contribution is 5.96. The number of amides is 1. The molecular formula is C30H42N2O5. The number of ketones is 1. The zero-order chi connectivity index (χ0) is 26.5. The standard InChI is InChI=1S/C30H42N2O5/c1-4-24(5-2)31-21-25(19-22-11-16-28-29(20-22)37-18-17-36-28)32-30(34)10-8-6-7-9-27(33)23-12-14-26(35-3)15-13-23/h11-16,20,24-25,31H,4-10,17-19,21H2,1-3H3,(H,32,34)/t25-/m0/s1. The average molecular weight is 511 g/mol. The van der Waals surface area contributed by atoms with E-state index in [0.717, 1.165) is 54.9 Å². The Kier molecular flexibility index (Phi) is 11.8. The van der Waals surface area contributed by atoms with E-state index in [1.807, 2.05) is 18.2 Å². The summed E-state index contributed by atoms with van der Waals surface area (Å²) in [5.74, 6) is 2.46. The Bertz CT molecular complexity index is 988. The third-order valence-corrected chi connectivity index (χ3v) is 6.81. The van der Waals surface area contributed by atoms with Crippen molar-refractivity contribution in [2.45, 2.75) is 77.3 Å². The number of hydrogen-bond donors (Lipinski definition) is 2. The number of hydrogen-bond acceptors (Lipinski definition) is 6. The van der Waals surface area contributed by atoms with Gasteiger partial charge in [0, 0.05) is 37.0 Å². The first-order valence-electron chi connectivity index (χ1n) is 13.6. The van der Waals surface area contributed by atoms with E-state index in [0.29, 0.717) is 50.6 Å². The van der Waals surface area contributed by atoms with Gasteiger partial charge in [-0.05, 0) is 74.1 Å². The summed E-state index contributed by atoms with van der Waals surface area (Å²) in [5.41, 5.74) is 1.81. The Hall–Kier alpha value is -3.06. The maximum absolute atomic E-state index is 12.8. The maximum Gasteiger partial charge on any atom is 0.220 e. The van der Waals surface area contributed by atoms with Crippen LogP contribution < -0.4 is 24.8 Å². The van der Waals surface area contributed by atoms with Gasteiger partial charge in [0.1, 0.15) is 19.0 Å². The molecule has 37 heavy (non-hydrogen) atoms. The minimum absolute atomic E-state index is 0.0210. The number of ether oxygens (including phenoxy) is 3. The molecule has 7 heteroatoms. The zero-order valence-electron chi connectivity index (χ0n) is 22.5. The second kappa shape index (κ2) is 15.3. The quantitative estimate of drug-likeness (QED) is 0.241. The topological polar surface area (TPSA) is 85.9 Å². The van der Waals surface area contributed by atoms with E-state index < -0.39 is 0 Å². The van der Waals surface area contributed by atoms with Gasteiger partial charge in [0.05, 0.1) is 7.11 Å². The number of rotatable bonds is 16. The first-order valence-corrected chi connectivity index (χ1v) is 13.6. The van der Waals surface area contributed by atoms with Crippen molar-refractivity contribution in [1.82, 2.24) is 10.6 Å². The summed E-state index contributed by atoms with van der Waals surface area (Å²) in [6.07, 6.45) is 6.14. The number of carbonyl (C=O) groups excluding carboxylic acids is 2. The lowest BCUT2D eigenvalue weighted by Gasteiger charge is -2.24. The summed E-state index contributed by atoms with van der Waals surface area (Å²) in [4.78, 5) is 25.2. The number of unbranched alkanes of at least 4 members (excludes halogenated alkanes) is 2. The Labute approximate surface area is 221 Å². The molecule has 0 fully saturated rings. The fourth-order valence-electron chi connectivity index (χ4n) is 4.53. The Morgan fingerprint density at radius 2 is 1.59 bits per heavy atom. The second-order valence-corrected chi connectivity index (χ2v) is 9.58. The van der Waals surface area contributed by atoms with Crippen LogP contribution in [-0.4, -0.2) is 50.6 Å². The fraction of sp³-hybridized carbons (Fsp3) is 0.533. The van der Waals surface area contributed by atoms with Crippen molar-refractivity contribution in [2.75, 3.05) is 26.9 Å². The summed E-state index contributed by atoms with van der Waals surface area (Å²) in [6.45, 7) is 6.19. The molecule has 1 atom stereocenters. The molecule has 1 amide bonds. The number of nitrogens with one attached hydrogen (secondary N) is 2. The smallest absolute Gasteiger partial charge is 0.220 e. The van der Waals surface area contributed by atoms with Gasteiger partial charge in [-0.2, -0.15) is 0 Å². The van der Waals surface area contributed by atoms with Crippen LogP contribution in [0.4, 0.5) is 0 Å². The van der Waals surface area contributed by atoms with Crippen molar-refractivity contribution in [2.24, 2.45) is 0 Å². The summed E-state index contributed by atoms with van der Waals surface area (Å²) in [6, 6.07) is 13.6. The van der Waals surface area contributed by atoms with Crippen LogP contribution in [0.15, 0.2) is 42.5 Å². The molecule has 0 aliphatic carbocycles. The minimum atomic E-state index is -0.0210. The predicted octanol–water partition coefficient (Wildman–Crippen LogP) is 5.11. The van der Waals surface area contributed by atoms with E-state index >= 15 is 0 Å². The summed E-state index contributed by atoms with van der Waals surface area (Å²) < 4.78 is 16.5. The highest BCUT2D eigenvalue weighted by atomic mass is 16.6. The van der Waals surface area contributed by atoms with Crippen molar-refractivity contribution in [3.63, 3.8) is 0 Å². The molecule has 0 saturated heterocycles. The van der Waals surface area contributed by atoms with Gasteiger partial charge in [0.25, 0.3) is 0 Å². The van der Waals surface area contributed by atoms with Gasteiger partial charge in [-0.25, -0.2) is 0 Å². The van der Waals surface area contributed by atoms with Crippen LogP contribution in [-0.2, 0) is 11.2 Å². The van der Waals surface area contributed by atoms with Gasteiger partial charge in [-0.1, -0.05) is 26.3 Å². The number of carbonyl (C=O) groups is 2. The first-order chi connectivity index (χ1) is 18.0. The van der Waals surface area contributed by atoms with Gasteiger partial charge in [-0.3, -0.25) is 9.59 Å². The van der Waals surface area contributed by atoms with Crippen LogP contribution in [0.1, 0.15) is 74.7 Å². The number of benzene rings is 2. The molecule has 2 aromatic rings. The largest absolute Gasteiger partial charge is 0.497 e. The van der Waals surface area contributed by atoms with Crippen LogP contribution in [0.2, 0.25) is 0 Å². The minimum Gasteiger partial charge on any atom is -0.497 e. The van der Waals surface area contributed by atoms with E-state index in [-0.39, 0.29) is 17.7 Å². The monoisotopic (exact) mass is 510 g/mol. The molecule has 0 saturated carbocycles. The van der Waals surface area contributed by atoms with Crippen molar-refractivity contribution in [3.8, 4) is 17.2 Å². The van der Waals surface area contributed by atoms with Crippen LogP contribution >= 0.6 is 0 Å². The predicted molar refractivity (Wildman–Crippen MR) is 146 cm³/mol. The normalized spacial score (nSPS) is 13.3. The second-order valence-electron chi connectivity index (χ2n) is 9.58. The van der Waals surface area contributed by atoms with Crippen LogP contribution in [0, 0.1) is 0 Å². The third kappa shape index (κ3) is 9.39. The molecule has 0 bridgehead atoms. The van der Waals surface area contributed by atoms with E-state index in [1.165, 1.54) is 0 Å². The molecule has 7 nitrogen and oxygen atoms in total. The third-order valence-electron chi connectivity index (χ3n) is 6.81. The van der Waals surface area contributed by atoms with Crippen molar-refractivity contribution >= 4 is 11.7 Å². The van der Waals surface area contributed by atoms with Gasteiger partial charge in [0.15, 0.2) is 17.3 Å². The molecular weight excluding hydrogens is 468 g/mol. The molecule has 0 unspecified atom stereocenters. The molecule has 0 aromatic heterocycles. The number of methoxy groups -OCH3 is 1. The lowest BCUT2D eigenvalue weighted by atomic mass is 10.0. The summed E-state index contributed by atoms with van der Waals surface area (Å²) >= 11 is 0. The number of fused-ring (bicyclic) bond motifs is 1. The summed E-state index contributed by atoms with van der Waals surface area (Å²) in [7, 11) is 1.61. The first kappa shape index (κ1) is 28.5. The van der Waals surface area contributed by atoms with E-state index in [4.69, 9.17) is 14.2 Å². The fourth-order valence-corrected chi connectivity index (χ4v) is 4.53. The van der Waals surface area contributed by atoms with E-state index in [2.05, 4.69) is 24.5 Å². The molecule has 1 heterocycles. The Morgan fingerprint density at radius 3 is 2.30 bits per heavy atom. The lowest BCUT2D eigenvalue weighted by Crippen LogP contribution is -2.45. The van der Waals surface area contributed by atoms with Crippen LogP contribution in [0.5, 0.6) is 17.2 Å². The molecule has 1 aliphatic rings. The molecule has 3 rings (SSSR count). The zero-order valence-corrected chi connectivity index (χ0v) is 22.5. The van der Waals surface area contributed by atoms with Crippen molar-refractivity contribution < 1.29 is 23.8 Å². The highest BCUT2D eigenvalue weighted by Gasteiger charge is 2.18. The molecule has 1 aliphatic heterocycles. The highest BCUT2D eigenvalue weighted by Crippen LogP contribution is 2.31. The molecule has 2 aromatic carbocycles. The van der Waals surface area contributed by atoms with Crippen LogP contribution in [0.25, 0.3) is 0 Å². The van der Waals surface area contributed by atoms with Crippen molar-refractivity contribution in [1.29, 1.82) is 0 Å². The molecule has 202 valence electrons. The van der Waals surface area contributed by atoms with Crippen LogP contribution in [0.3, 0.4) is 0 Å². The van der Waals surface area contributed by atoms with Gasteiger partial charge < -0.3 is 24.8 Å².